The number of allylic oxidation sites excluding steroid dienone is 4. The quantitative estimate of drug-likeness (QED) is 0.0169. The minimum atomic E-state index is -4.97. The normalized spacial score (nSPS) is 14.5. The molecule has 19 heteroatoms. The zero-order chi connectivity index (χ0) is 70.1. The Hall–Kier alpha value is -2.46. The smallest absolute Gasteiger partial charge is 0.462 e. The monoisotopic (exact) mass is 1390 g/mol. The van der Waals surface area contributed by atoms with Gasteiger partial charge in [-0.2, -0.15) is 0 Å². The van der Waals surface area contributed by atoms with Crippen LogP contribution < -0.4 is 0 Å². The van der Waals surface area contributed by atoms with Gasteiger partial charge in [-0.05, 0) is 69.1 Å². The molecule has 0 aromatic heterocycles. The van der Waals surface area contributed by atoms with Crippen LogP contribution in [0.4, 0.5) is 0 Å². The third-order valence-electron chi connectivity index (χ3n) is 17.4. The van der Waals surface area contributed by atoms with E-state index in [2.05, 4.69) is 72.8 Å². The number of rotatable bonds is 72. The molecule has 0 spiro atoms. The fourth-order valence-corrected chi connectivity index (χ4v) is 12.6. The van der Waals surface area contributed by atoms with E-state index in [0.29, 0.717) is 31.6 Å². The molecule has 0 saturated heterocycles. The summed E-state index contributed by atoms with van der Waals surface area (Å²) in [6.07, 6.45) is 54.9. The second-order valence-corrected chi connectivity index (χ2v) is 30.8. The SMILES string of the molecule is CCCCCC/C=C\C=C/CCCCCCCC(=O)O[C@H](COC(=O)CCCCCCCCCCCCC(C)CC)COP(=O)(O)OCC(O)COP(=O)(O)OC[C@@H](COC(=O)CCCCCCCCCC(C)C)OC(=O)CCCCCCCCCCCCCCCC(C)C. The summed E-state index contributed by atoms with van der Waals surface area (Å²) in [5, 5.41) is 10.6. The highest BCUT2D eigenvalue weighted by Crippen LogP contribution is 2.45. The molecule has 0 saturated carbocycles. The molecular formula is C76H144O17P2. The van der Waals surface area contributed by atoms with E-state index >= 15 is 0 Å². The zero-order valence-corrected chi connectivity index (χ0v) is 63.4. The van der Waals surface area contributed by atoms with Gasteiger partial charge < -0.3 is 33.8 Å². The number of unbranched alkanes of at least 4 members (excludes halogenated alkanes) is 36. The van der Waals surface area contributed by atoms with Gasteiger partial charge >= 0.3 is 39.5 Å². The lowest BCUT2D eigenvalue weighted by Crippen LogP contribution is -2.30. The van der Waals surface area contributed by atoms with Crippen molar-refractivity contribution in [3.63, 3.8) is 0 Å². The van der Waals surface area contributed by atoms with Crippen LogP contribution in [0.5, 0.6) is 0 Å². The largest absolute Gasteiger partial charge is 0.472 e. The fourth-order valence-electron chi connectivity index (χ4n) is 11.0. The summed E-state index contributed by atoms with van der Waals surface area (Å²) in [5.41, 5.74) is 0. The molecule has 0 fully saturated rings. The Morgan fingerprint density at radius 2 is 0.621 bits per heavy atom. The van der Waals surface area contributed by atoms with Gasteiger partial charge in [0, 0.05) is 25.7 Å². The highest BCUT2D eigenvalue weighted by atomic mass is 31.2. The van der Waals surface area contributed by atoms with Crippen LogP contribution in [0.25, 0.3) is 0 Å². The predicted octanol–water partition coefficient (Wildman–Crippen LogP) is 21.7. The zero-order valence-electron chi connectivity index (χ0n) is 61.6. The molecule has 0 aromatic carbocycles. The fraction of sp³-hybridized carbons (Fsp3) is 0.895. The maximum absolute atomic E-state index is 13.1. The van der Waals surface area contributed by atoms with Gasteiger partial charge in [0.25, 0.3) is 0 Å². The van der Waals surface area contributed by atoms with Crippen LogP contribution >= 0.6 is 15.6 Å². The molecule has 0 aliphatic carbocycles. The standard InChI is InChI=1S/C76H144O17P2/c1-8-10-11-12-13-14-15-16-17-20-23-30-37-45-52-59-75(80)92-71(63-86-73(78)57-50-43-36-29-26-25-28-35-42-49-56-69(7)9-2)65-90-94(82,83)88-61-70(77)62-89-95(84,85)91-66-72(64-87-74(79)58-51-44-39-32-34-41-48-55-68(5)6)93-76(81)60-53-46-38-31-24-21-18-19-22-27-33-40-47-54-67(3)4/h14-17,67-72,77H,8-13,18-66H2,1-7H3,(H,82,83)(H,84,85)/b15-14-,17-16-/t69?,70?,71-,72-/m1/s1. The van der Waals surface area contributed by atoms with Gasteiger partial charge in [-0.3, -0.25) is 37.3 Å². The maximum atomic E-state index is 13.1. The summed E-state index contributed by atoms with van der Waals surface area (Å²) in [6.45, 7) is 11.8. The van der Waals surface area contributed by atoms with E-state index in [1.807, 2.05) is 0 Å². The number of phosphoric ester groups is 2. The topological polar surface area (TPSA) is 237 Å². The van der Waals surface area contributed by atoms with Crippen LogP contribution in [0.2, 0.25) is 0 Å². The summed E-state index contributed by atoms with van der Waals surface area (Å²) in [6, 6.07) is 0. The number of aliphatic hydroxyl groups is 1. The van der Waals surface area contributed by atoms with Crippen molar-refractivity contribution in [3.8, 4) is 0 Å². The number of ether oxygens (including phenoxy) is 4. The van der Waals surface area contributed by atoms with E-state index in [0.717, 1.165) is 121 Å². The molecule has 0 radical (unpaired) electrons. The first-order chi connectivity index (χ1) is 45.8. The third kappa shape index (κ3) is 68.5. The number of phosphoric acid groups is 2. The molecule has 0 rings (SSSR count). The molecule has 0 bridgehead atoms. The lowest BCUT2D eigenvalue weighted by molar-refractivity contribution is -0.161. The van der Waals surface area contributed by atoms with E-state index < -0.39 is 97.5 Å². The molecule has 0 aromatic rings. The Balaban J connectivity index is 5.29. The van der Waals surface area contributed by atoms with E-state index in [-0.39, 0.29) is 25.7 Å². The Bertz CT molecular complexity index is 1950. The second-order valence-electron chi connectivity index (χ2n) is 27.9. The average molecular weight is 1390 g/mol. The molecule has 560 valence electrons. The van der Waals surface area contributed by atoms with Gasteiger partial charge in [-0.15, -0.1) is 0 Å². The van der Waals surface area contributed by atoms with Crippen molar-refractivity contribution < 1.29 is 80.2 Å². The van der Waals surface area contributed by atoms with Crippen LogP contribution in [0, 0.1) is 17.8 Å². The number of aliphatic hydroxyl groups excluding tert-OH is 1. The molecule has 3 N–H and O–H groups in total. The maximum Gasteiger partial charge on any atom is 0.472 e. The Morgan fingerprint density at radius 1 is 0.347 bits per heavy atom. The molecule has 0 aliphatic heterocycles. The van der Waals surface area contributed by atoms with Gasteiger partial charge in [-0.1, -0.05) is 310 Å². The molecule has 4 unspecified atom stereocenters. The van der Waals surface area contributed by atoms with Crippen molar-refractivity contribution in [2.75, 3.05) is 39.6 Å². The summed E-state index contributed by atoms with van der Waals surface area (Å²) < 4.78 is 68.5. The third-order valence-corrected chi connectivity index (χ3v) is 19.3. The molecule has 0 amide bonds. The van der Waals surface area contributed by atoms with Crippen LogP contribution in [-0.4, -0.2) is 96.7 Å². The number of hydrogen-bond acceptors (Lipinski definition) is 15. The summed E-state index contributed by atoms with van der Waals surface area (Å²) in [4.78, 5) is 72.8. The first-order valence-corrected chi connectivity index (χ1v) is 41.7. The Labute approximate surface area is 580 Å². The van der Waals surface area contributed by atoms with Crippen molar-refractivity contribution in [1.82, 2.24) is 0 Å². The van der Waals surface area contributed by atoms with Gasteiger partial charge in [0.2, 0.25) is 0 Å². The highest BCUT2D eigenvalue weighted by molar-refractivity contribution is 7.47. The molecule has 0 heterocycles. The lowest BCUT2D eigenvalue weighted by Gasteiger charge is -2.21. The van der Waals surface area contributed by atoms with Crippen LogP contribution in [0.3, 0.4) is 0 Å². The minimum absolute atomic E-state index is 0.0845. The van der Waals surface area contributed by atoms with Gasteiger partial charge in [0.1, 0.15) is 19.3 Å². The molecule has 95 heavy (non-hydrogen) atoms. The summed E-state index contributed by atoms with van der Waals surface area (Å²) in [5.74, 6) is 0.146. The van der Waals surface area contributed by atoms with E-state index in [1.54, 1.807) is 0 Å². The molecule has 0 aliphatic rings. The number of hydrogen-bond donors (Lipinski definition) is 3. The first-order valence-electron chi connectivity index (χ1n) is 38.7. The van der Waals surface area contributed by atoms with E-state index in [9.17, 15) is 43.2 Å². The molecular weight excluding hydrogens is 1250 g/mol. The van der Waals surface area contributed by atoms with Crippen LogP contribution in [0.1, 0.15) is 363 Å². The predicted molar refractivity (Wildman–Crippen MR) is 386 cm³/mol. The van der Waals surface area contributed by atoms with Gasteiger partial charge in [0.15, 0.2) is 12.2 Å². The van der Waals surface area contributed by atoms with E-state index in [4.69, 9.17) is 37.0 Å². The Kier molecular flexibility index (Phi) is 64.4. The Morgan fingerprint density at radius 3 is 0.937 bits per heavy atom. The van der Waals surface area contributed by atoms with E-state index in [1.165, 1.54) is 154 Å². The first kappa shape index (κ1) is 92.5. The summed E-state index contributed by atoms with van der Waals surface area (Å²) in [7, 11) is -9.93. The summed E-state index contributed by atoms with van der Waals surface area (Å²) >= 11 is 0. The number of carbonyl (C=O) groups is 4. The van der Waals surface area contributed by atoms with Crippen molar-refractivity contribution in [2.45, 2.75) is 381 Å². The van der Waals surface area contributed by atoms with Crippen LogP contribution in [-0.2, 0) is 65.4 Å². The lowest BCUT2D eigenvalue weighted by atomic mass is 9.99. The van der Waals surface area contributed by atoms with Crippen molar-refractivity contribution in [2.24, 2.45) is 17.8 Å². The highest BCUT2D eigenvalue weighted by Gasteiger charge is 2.30. The second kappa shape index (κ2) is 66.1. The van der Waals surface area contributed by atoms with Crippen molar-refractivity contribution in [3.05, 3.63) is 24.3 Å². The minimum Gasteiger partial charge on any atom is -0.462 e. The number of esters is 4. The van der Waals surface area contributed by atoms with Crippen LogP contribution in [0.15, 0.2) is 24.3 Å². The average Bonchev–Trinajstić information content (AvgIpc) is 2.31. The van der Waals surface area contributed by atoms with Gasteiger partial charge in [0.05, 0.1) is 26.4 Å². The molecule has 17 nitrogen and oxygen atoms in total. The van der Waals surface area contributed by atoms with Crippen molar-refractivity contribution in [1.29, 1.82) is 0 Å². The van der Waals surface area contributed by atoms with Crippen molar-refractivity contribution >= 4 is 39.5 Å². The molecule has 6 atom stereocenters. The van der Waals surface area contributed by atoms with Gasteiger partial charge in [-0.25, -0.2) is 9.13 Å². The number of carbonyl (C=O) groups excluding carboxylic acids is 4.